The van der Waals surface area contributed by atoms with Crippen LogP contribution in [-0.2, 0) is 19.6 Å². The molecule has 1 aromatic carbocycles. The van der Waals surface area contributed by atoms with E-state index in [4.69, 9.17) is 4.74 Å². The molecule has 0 fully saturated rings. The van der Waals surface area contributed by atoms with Crippen LogP contribution < -0.4 is 4.72 Å². The highest BCUT2D eigenvalue weighted by atomic mass is 32.2. The van der Waals surface area contributed by atoms with Crippen LogP contribution in [0.1, 0.15) is 20.3 Å². The summed E-state index contributed by atoms with van der Waals surface area (Å²) in [4.78, 5) is 16.5. The second-order valence-electron chi connectivity index (χ2n) is 5.77. The van der Waals surface area contributed by atoms with Crippen LogP contribution in [0.3, 0.4) is 0 Å². The van der Waals surface area contributed by atoms with E-state index in [1.807, 2.05) is 6.26 Å². The summed E-state index contributed by atoms with van der Waals surface area (Å²) in [6, 6.07) is 7.53. The van der Waals surface area contributed by atoms with Crippen molar-refractivity contribution in [1.82, 2.24) is 9.71 Å². The molecule has 0 amide bonds. The number of rotatable bonds is 8. The molecule has 2 aromatic rings. The summed E-state index contributed by atoms with van der Waals surface area (Å²) in [6.07, 6.45) is 3.48. The summed E-state index contributed by atoms with van der Waals surface area (Å²) in [5.74, 6) is 0.0644. The van der Waals surface area contributed by atoms with Crippen LogP contribution in [-0.4, -0.2) is 43.5 Å². The van der Waals surface area contributed by atoms with Gasteiger partial charge in [0.2, 0.25) is 10.0 Å². The van der Waals surface area contributed by atoms with Gasteiger partial charge < -0.3 is 4.74 Å². The number of ether oxygens (including phenoxy) is 1. The normalized spacial score (nSPS) is 13.1. The number of pyridine rings is 1. The van der Waals surface area contributed by atoms with Crippen molar-refractivity contribution < 1.29 is 17.9 Å². The molecule has 8 heteroatoms. The van der Waals surface area contributed by atoms with Gasteiger partial charge in [-0.2, -0.15) is 16.5 Å². The summed E-state index contributed by atoms with van der Waals surface area (Å²) in [6.45, 7) is 3.46. The van der Waals surface area contributed by atoms with Gasteiger partial charge in [-0.15, -0.1) is 0 Å². The fourth-order valence-corrected chi connectivity index (χ4v) is 4.19. The molecule has 1 aromatic heterocycles. The minimum atomic E-state index is -3.92. The number of fused-ring (bicyclic) bond motifs is 1. The van der Waals surface area contributed by atoms with Crippen LogP contribution in [0.2, 0.25) is 0 Å². The van der Waals surface area contributed by atoms with Crippen molar-refractivity contribution >= 4 is 38.7 Å². The average molecular weight is 383 g/mol. The highest BCUT2D eigenvalue weighted by Crippen LogP contribution is 2.21. The second-order valence-corrected chi connectivity index (χ2v) is 8.44. The van der Waals surface area contributed by atoms with Gasteiger partial charge in [-0.3, -0.25) is 9.78 Å². The summed E-state index contributed by atoms with van der Waals surface area (Å²) in [5.41, 5.74) is 0.373. The van der Waals surface area contributed by atoms with Gasteiger partial charge in [-0.1, -0.05) is 18.2 Å². The van der Waals surface area contributed by atoms with Gasteiger partial charge in [0, 0.05) is 11.6 Å². The lowest BCUT2D eigenvalue weighted by Gasteiger charge is -2.19. The zero-order valence-corrected chi connectivity index (χ0v) is 16.1. The zero-order chi connectivity index (χ0) is 18.4. The van der Waals surface area contributed by atoms with Crippen molar-refractivity contribution in [2.45, 2.75) is 37.3 Å². The van der Waals surface area contributed by atoms with Crippen molar-refractivity contribution in [3.05, 3.63) is 36.5 Å². The Morgan fingerprint density at radius 3 is 2.68 bits per heavy atom. The molecule has 0 aliphatic heterocycles. The van der Waals surface area contributed by atoms with E-state index in [1.54, 1.807) is 44.3 Å². The fourth-order valence-electron chi connectivity index (χ4n) is 2.32. The van der Waals surface area contributed by atoms with E-state index in [2.05, 4.69) is 9.71 Å². The first-order valence-electron chi connectivity index (χ1n) is 7.90. The molecule has 6 nitrogen and oxygen atoms in total. The molecule has 0 saturated heterocycles. The number of hydrogen-bond acceptors (Lipinski definition) is 6. The summed E-state index contributed by atoms with van der Waals surface area (Å²) < 4.78 is 33.4. The number of aromatic nitrogens is 1. The zero-order valence-electron chi connectivity index (χ0n) is 14.4. The average Bonchev–Trinajstić information content (AvgIpc) is 2.57. The number of benzene rings is 1. The number of nitrogens with zero attached hydrogens (tertiary/aromatic N) is 1. The van der Waals surface area contributed by atoms with Gasteiger partial charge in [0.15, 0.2) is 0 Å². The first-order chi connectivity index (χ1) is 11.8. The van der Waals surface area contributed by atoms with Gasteiger partial charge in [0.1, 0.15) is 10.9 Å². The Balaban J connectivity index is 2.34. The van der Waals surface area contributed by atoms with E-state index in [1.165, 1.54) is 17.8 Å². The van der Waals surface area contributed by atoms with Crippen molar-refractivity contribution in [1.29, 1.82) is 0 Å². The van der Waals surface area contributed by atoms with Gasteiger partial charge in [-0.05, 0) is 44.4 Å². The van der Waals surface area contributed by atoms with Crippen molar-refractivity contribution in [3.8, 4) is 0 Å². The van der Waals surface area contributed by atoms with Gasteiger partial charge in [0.05, 0.1) is 11.6 Å². The van der Waals surface area contributed by atoms with Crippen molar-refractivity contribution in [2.24, 2.45) is 0 Å². The monoisotopic (exact) mass is 382 g/mol. The molecule has 1 N–H and O–H groups in total. The highest BCUT2D eigenvalue weighted by Gasteiger charge is 2.28. The molecule has 1 unspecified atom stereocenters. The van der Waals surface area contributed by atoms with Crippen LogP contribution in [0.5, 0.6) is 0 Å². The molecule has 1 heterocycles. The number of esters is 1. The number of para-hydroxylation sites is 1. The van der Waals surface area contributed by atoms with E-state index in [0.29, 0.717) is 17.7 Å². The number of carbonyl (C=O) groups excluding carboxylic acids is 1. The molecule has 0 radical (unpaired) electrons. The summed E-state index contributed by atoms with van der Waals surface area (Å²) in [5, 5.41) is 0.718. The predicted octanol–water partition coefficient (Wildman–Crippen LogP) is 2.59. The lowest BCUT2D eigenvalue weighted by Crippen LogP contribution is -2.43. The standard InChI is InChI=1S/C17H22N2O4S2/c1-12(2)23-17(20)14(9-11-24-3)19-25(21,22)15-8-4-6-13-7-5-10-18-16(13)15/h4-8,10,12,14,19H,9,11H2,1-3H3. The molecule has 0 spiro atoms. The van der Waals surface area contributed by atoms with Gasteiger partial charge in [0.25, 0.3) is 0 Å². The maximum atomic E-state index is 12.8. The minimum Gasteiger partial charge on any atom is -0.462 e. The molecule has 0 bridgehead atoms. The van der Waals surface area contributed by atoms with Crippen LogP contribution in [0.25, 0.3) is 10.9 Å². The molecule has 136 valence electrons. The van der Waals surface area contributed by atoms with Crippen LogP contribution in [0.4, 0.5) is 0 Å². The third-order valence-electron chi connectivity index (χ3n) is 3.43. The predicted molar refractivity (Wildman–Crippen MR) is 100 cm³/mol. The maximum Gasteiger partial charge on any atom is 0.324 e. The highest BCUT2D eigenvalue weighted by molar-refractivity contribution is 7.98. The Hall–Kier alpha value is -1.64. The number of hydrogen-bond donors (Lipinski definition) is 1. The van der Waals surface area contributed by atoms with Crippen LogP contribution in [0.15, 0.2) is 41.4 Å². The van der Waals surface area contributed by atoms with Crippen LogP contribution in [0, 0.1) is 0 Å². The minimum absolute atomic E-state index is 0.0529. The molecule has 0 aliphatic rings. The summed E-state index contributed by atoms with van der Waals surface area (Å²) in [7, 11) is -3.92. The SMILES string of the molecule is CSCCC(NS(=O)(=O)c1cccc2cccnc12)C(=O)OC(C)C. The maximum absolute atomic E-state index is 12.8. The topological polar surface area (TPSA) is 85.4 Å². The largest absolute Gasteiger partial charge is 0.462 e. The molecule has 0 saturated carbocycles. The lowest BCUT2D eigenvalue weighted by molar-refractivity contribution is -0.149. The number of nitrogens with one attached hydrogen (secondary N) is 1. The Morgan fingerprint density at radius 2 is 2.00 bits per heavy atom. The molecular weight excluding hydrogens is 360 g/mol. The Kier molecular flexibility index (Phi) is 6.80. The Bertz CT molecular complexity index is 832. The molecular formula is C17H22N2O4S2. The Labute approximate surface area is 152 Å². The number of sulfonamides is 1. The molecule has 0 aliphatic carbocycles. The lowest BCUT2D eigenvalue weighted by atomic mass is 10.2. The second kappa shape index (κ2) is 8.64. The van der Waals surface area contributed by atoms with E-state index >= 15 is 0 Å². The third-order valence-corrected chi connectivity index (χ3v) is 5.58. The van der Waals surface area contributed by atoms with Gasteiger partial charge in [-0.25, -0.2) is 8.42 Å². The van der Waals surface area contributed by atoms with E-state index in [0.717, 1.165) is 5.39 Å². The molecule has 2 rings (SSSR count). The van der Waals surface area contributed by atoms with Crippen LogP contribution >= 0.6 is 11.8 Å². The quantitative estimate of drug-likeness (QED) is 0.707. The van der Waals surface area contributed by atoms with E-state index in [-0.39, 0.29) is 11.0 Å². The first kappa shape index (κ1) is 19.7. The van der Waals surface area contributed by atoms with E-state index in [9.17, 15) is 13.2 Å². The fraction of sp³-hybridized carbons (Fsp3) is 0.412. The number of thioether (sulfide) groups is 1. The van der Waals surface area contributed by atoms with Gasteiger partial charge >= 0.3 is 5.97 Å². The van der Waals surface area contributed by atoms with Crippen molar-refractivity contribution in [2.75, 3.05) is 12.0 Å². The molecule has 25 heavy (non-hydrogen) atoms. The first-order valence-corrected chi connectivity index (χ1v) is 10.8. The third kappa shape index (κ3) is 5.17. The summed E-state index contributed by atoms with van der Waals surface area (Å²) >= 11 is 1.54. The Morgan fingerprint density at radius 1 is 1.28 bits per heavy atom. The molecule has 1 atom stereocenters. The number of carbonyl (C=O) groups is 1. The smallest absolute Gasteiger partial charge is 0.324 e. The van der Waals surface area contributed by atoms with Crippen molar-refractivity contribution in [3.63, 3.8) is 0 Å². The van der Waals surface area contributed by atoms with E-state index < -0.39 is 22.0 Å².